The summed E-state index contributed by atoms with van der Waals surface area (Å²) in [6.07, 6.45) is 0. The second kappa shape index (κ2) is 7.62. The first-order chi connectivity index (χ1) is 10.9. The number of carbonyl (C=O) groups excluding carboxylic acids is 1. The minimum absolute atomic E-state index is 0.126. The standard InChI is InChI=1S/C17H16BrN3OS/c1-10-11(2)15(8-19)17(20-12(10)3)23-9-16(22)21-14-6-4-13(18)5-7-14/h4-7H,9H2,1-3H3,(H,21,22). The van der Waals surface area contributed by atoms with Crippen molar-refractivity contribution in [3.63, 3.8) is 0 Å². The highest BCUT2D eigenvalue weighted by atomic mass is 79.9. The van der Waals surface area contributed by atoms with Crippen molar-refractivity contribution in [1.29, 1.82) is 5.26 Å². The first-order valence-corrected chi connectivity index (χ1v) is 8.76. The molecule has 23 heavy (non-hydrogen) atoms. The maximum atomic E-state index is 12.1. The highest BCUT2D eigenvalue weighted by Crippen LogP contribution is 2.26. The fourth-order valence-corrected chi connectivity index (χ4v) is 3.16. The highest BCUT2D eigenvalue weighted by Gasteiger charge is 2.14. The van der Waals surface area contributed by atoms with Gasteiger partial charge in [0.1, 0.15) is 11.1 Å². The van der Waals surface area contributed by atoms with Crippen LogP contribution in [-0.2, 0) is 4.79 Å². The average molecular weight is 390 g/mol. The molecule has 0 bridgehead atoms. The Morgan fingerprint density at radius 1 is 1.26 bits per heavy atom. The van der Waals surface area contributed by atoms with E-state index in [-0.39, 0.29) is 11.7 Å². The molecule has 1 N–H and O–H groups in total. The van der Waals surface area contributed by atoms with Gasteiger partial charge in [-0.25, -0.2) is 4.98 Å². The molecule has 0 aliphatic rings. The molecule has 0 radical (unpaired) electrons. The molecular formula is C17H16BrN3OS. The summed E-state index contributed by atoms with van der Waals surface area (Å²) in [4.78, 5) is 16.5. The molecule has 2 rings (SSSR count). The van der Waals surface area contributed by atoms with E-state index in [1.165, 1.54) is 11.8 Å². The quantitative estimate of drug-likeness (QED) is 0.788. The molecule has 1 aromatic heterocycles. The molecule has 6 heteroatoms. The number of thioether (sulfide) groups is 1. The molecule has 2 aromatic rings. The van der Waals surface area contributed by atoms with Gasteiger partial charge in [0.05, 0.1) is 11.3 Å². The summed E-state index contributed by atoms with van der Waals surface area (Å²) in [6, 6.07) is 9.57. The fraction of sp³-hybridized carbons (Fsp3) is 0.235. The van der Waals surface area contributed by atoms with Gasteiger partial charge in [-0.15, -0.1) is 0 Å². The summed E-state index contributed by atoms with van der Waals surface area (Å²) in [6.45, 7) is 5.77. The predicted octanol–water partition coefficient (Wildman–Crippen LogP) is 4.37. The van der Waals surface area contributed by atoms with Crippen molar-refractivity contribution in [2.45, 2.75) is 25.8 Å². The van der Waals surface area contributed by atoms with E-state index in [1.807, 2.05) is 45.0 Å². The topological polar surface area (TPSA) is 65.8 Å². The first kappa shape index (κ1) is 17.5. The number of carbonyl (C=O) groups is 1. The first-order valence-electron chi connectivity index (χ1n) is 6.98. The molecule has 1 aromatic carbocycles. The number of aryl methyl sites for hydroxylation is 1. The summed E-state index contributed by atoms with van der Waals surface area (Å²) < 4.78 is 0.957. The van der Waals surface area contributed by atoms with Gasteiger partial charge in [0, 0.05) is 15.9 Å². The van der Waals surface area contributed by atoms with E-state index in [1.54, 1.807) is 0 Å². The zero-order valence-corrected chi connectivity index (χ0v) is 15.5. The Morgan fingerprint density at radius 2 is 1.91 bits per heavy atom. The van der Waals surface area contributed by atoms with E-state index in [4.69, 9.17) is 0 Å². The van der Waals surface area contributed by atoms with Crippen molar-refractivity contribution in [3.05, 3.63) is 51.1 Å². The average Bonchev–Trinajstić information content (AvgIpc) is 2.53. The SMILES string of the molecule is Cc1nc(SCC(=O)Nc2ccc(Br)cc2)c(C#N)c(C)c1C. The molecule has 0 aliphatic heterocycles. The van der Waals surface area contributed by atoms with E-state index >= 15 is 0 Å². The number of pyridine rings is 1. The Morgan fingerprint density at radius 3 is 2.52 bits per heavy atom. The minimum Gasteiger partial charge on any atom is -0.325 e. The normalized spacial score (nSPS) is 10.2. The van der Waals surface area contributed by atoms with Crippen LogP contribution in [0.4, 0.5) is 5.69 Å². The van der Waals surface area contributed by atoms with E-state index in [0.717, 1.165) is 27.0 Å². The van der Waals surface area contributed by atoms with Crippen LogP contribution in [-0.4, -0.2) is 16.6 Å². The van der Waals surface area contributed by atoms with Crippen LogP contribution in [0.5, 0.6) is 0 Å². The maximum Gasteiger partial charge on any atom is 0.234 e. The molecular weight excluding hydrogens is 374 g/mol. The number of nitrogens with one attached hydrogen (secondary N) is 1. The van der Waals surface area contributed by atoms with E-state index in [9.17, 15) is 10.1 Å². The number of hydrogen-bond acceptors (Lipinski definition) is 4. The fourth-order valence-electron chi connectivity index (χ4n) is 2.01. The molecule has 0 fully saturated rings. The Labute approximate surface area is 148 Å². The smallest absolute Gasteiger partial charge is 0.234 e. The lowest BCUT2D eigenvalue weighted by Crippen LogP contribution is -2.14. The van der Waals surface area contributed by atoms with Gasteiger partial charge in [-0.3, -0.25) is 4.79 Å². The van der Waals surface area contributed by atoms with Gasteiger partial charge in [0.15, 0.2) is 0 Å². The van der Waals surface area contributed by atoms with Gasteiger partial charge in [0.25, 0.3) is 0 Å². The summed E-state index contributed by atoms with van der Waals surface area (Å²) in [7, 11) is 0. The van der Waals surface area contributed by atoms with Gasteiger partial charge in [0.2, 0.25) is 5.91 Å². The molecule has 0 spiro atoms. The lowest BCUT2D eigenvalue weighted by Gasteiger charge is -2.11. The summed E-state index contributed by atoms with van der Waals surface area (Å²) in [5.74, 6) is 0.0820. The minimum atomic E-state index is -0.126. The number of halogens is 1. The second-order valence-electron chi connectivity index (χ2n) is 5.08. The molecule has 0 saturated carbocycles. The molecule has 118 valence electrons. The van der Waals surface area contributed by atoms with Crippen molar-refractivity contribution in [2.24, 2.45) is 0 Å². The Bertz CT molecular complexity index is 782. The molecule has 1 amide bonds. The van der Waals surface area contributed by atoms with E-state index < -0.39 is 0 Å². The maximum absolute atomic E-state index is 12.1. The van der Waals surface area contributed by atoms with Crippen molar-refractivity contribution >= 4 is 39.3 Å². The predicted molar refractivity (Wildman–Crippen MR) is 96.7 cm³/mol. The Balaban J connectivity index is 2.07. The van der Waals surface area contributed by atoms with Crippen LogP contribution >= 0.6 is 27.7 Å². The lowest BCUT2D eigenvalue weighted by atomic mass is 10.1. The van der Waals surface area contributed by atoms with Crippen LogP contribution in [0, 0.1) is 32.1 Å². The van der Waals surface area contributed by atoms with E-state index in [2.05, 4.69) is 32.3 Å². The van der Waals surface area contributed by atoms with Gasteiger partial charge < -0.3 is 5.32 Å². The van der Waals surface area contributed by atoms with Gasteiger partial charge in [-0.05, 0) is 56.2 Å². The van der Waals surface area contributed by atoms with Gasteiger partial charge in [-0.2, -0.15) is 5.26 Å². The number of aromatic nitrogens is 1. The van der Waals surface area contributed by atoms with Crippen molar-refractivity contribution in [2.75, 3.05) is 11.1 Å². The summed E-state index contributed by atoms with van der Waals surface area (Å²) >= 11 is 4.64. The molecule has 0 aliphatic carbocycles. The van der Waals surface area contributed by atoms with Crippen LogP contribution in [0.3, 0.4) is 0 Å². The number of amides is 1. The number of nitriles is 1. The third-order valence-electron chi connectivity index (χ3n) is 3.54. The second-order valence-corrected chi connectivity index (χ2v) is 6.96. The molecule has 0 unspecified atom stereocenters. The van der Waals surface area contributed by atoms with Crippen LogP contribution < -0.4 is 5.32 Å². The highest BCUT2D eigenvalue weighted by molar-refractivity contribution is 9.10. The zero-order chi connectivity index (χ0) is 17.0. The van der Waals surface area contributed by atoms with Gasteiger partial charge >= 0.3 is 0 Å². The lowest BCUT2D eigenvalue weighted by molar-refractivity contribution is -0.113. The van der Waals surface area contributed by atoms with Gasteiger partial charge in [-0.1, -0.05) is 27.7 Å². The number of nitrogens with zero attached hydrogens (tertiary/aromatic N) is 2. The molecule has 4 nitrogen and oxygen atoms in total. The number of rotatable bonds is 4. The third-order valence-corrected chi connectivity index (χ3v) is 5.05. The Hall–Kier alpha value is -1.84. The third kappa shape index (κ3) is 4.34. The molecule has 1 heterocycles. The van der Waals surface area contributed by atoms with Crippen LogP contribution in [0.25, 0.3) is 0 Å². The largest absolute Gasteiger partial charge is 0.325 e. The van der Waals surface area contributed by atoms with Crippen molar-refractivity contribution in [3.8, 4) is 6.07 Å². The summed E-state index contributed by atoms with van der Waals surface area (Å²) in [5.41, 5.74) is 4.12. The molecule has 0 saturated heterocycles. The van der Waals surface area contributed by atoms with E-state index in [0.29, 0.717) is 10.6 Å². The van der Waals surface area contributed by atoms with Crippen LogP contribution in [0.15, 0.2) is 33.8 Å². The van der Waals surface area contributed by atoms with Crippen LogP contribution in [0.1, 0.15) is 22.4 Å². The Kier molecular flexibility index (Phi) is 5.80. The zero-order valence-electron chi connectivity index (χ0n) is 13.1. The molecule has 0 atom stereocenters. The number of hydrogen-bond donors (Lipinski definition) is 1. The number of anilines is 1. The van der Waals surface area contributed by atoms with Crippen molar-refractivity contribution < 1.29 is 4.79 Å². The monoisotopic (exact) mass is 389 g/mol. The summed E-state index contributed by atoms with van der Waals surface area (Å²) in [5, 5.41) is 12.8. The number of benzene rings is 1. The van der Waals surface area contributed by atoms with Crippen molar-refractivity contribution in [1.82, 2.24) is 4.98 Å². The van der Waals surface area contributed by atoms with Crippen LogP contribution in [0.2, 0.25) is 0 Å².